The van der Waals surface area contributed by atoms with Crippen molar-refractivity contribution >= 4 is 34.1 Å². The number of hydrogen-bond donors (Lipinski definition) is 1. The third-order valence-electron chi connectivity index (χ3n) is 4.62. The van der Waals surface area contributed by atoms with E-state index in [2.05, 4.69) is 15.3 Å². The third kappa shape index (κ3) is 4.60. The highest BCUT2D eigenvalue weighted by Crippen LogP contribution is 2.25. The van der Waals surface area contributed by atoms with E-state index in [9.17, 15) is 4.79 Å². The van der Waals surface area contributed by atoms with Crippen LogP contribution in [0.25, 0.3) is 22.0 Å². The molecule has 1 amide bonds. The number of methoxy groups -OCH3 is 1. The van der Waals surface area contributed by atoms with E-state index < -0.39 is 0 Å². The first-order valence-electron chi connectivity index (χ1n) is 9.53. The van der Waals surface area contributed by atoms with Crippen LogP contribution in [0.2, 0.25) is 0 Å². The summed E-state index contributed by atoms with van der Waals surface area (Å²) >= 11 is 1.32. The van der Waals surface area contributed by atoms with E-state index in [-0.39, 0.29) is 11.7 Å². The fourth-order valence-corrected chi connectivity index (χ4v) is 3.87. The molecule has 5 nitrogen and oxygen atoms in total. The molecule has 0 spiro atoms. The van der Waals surface area contributed by atoms with Crippen LogP contribution in [0.3, 0.4) is 0 Å². The zero-order valence-electron chi connectivity index (χ0n) is 16.8. The Hall–Kier alpha value is -3.38. The topological polar surface area (TPSA) is 64.1 Å². The predicted molar refractivity (Wildman–Crippen MR) is 122 cm³/mol. The normalized spacial score (nSPS) is 10.7. The standard InChI is InChI=1S/C24H21N3O2S/c1-16-14-22(18-10-12-19(29-2)13-11-18)27-24(25-16)30-15-23(28)26-21-9-5-7-17-6-3-4-8-20(17)21/h3-14H,15H2,1-2H3,(H,26,28). The van der Waals surface area contributed by atoms with Crippen molar-refractivity contribution in [3.05, 3.63) is 78.5 Å². The summed E-state index contributed by atoms with van der Waals surface area (Å²) in [7, 11) is 1.64. The van der Waals surface area contributed by atoms with Gasteiger partial charge in [0.2, 0.25) is 5.91 Å². The van der Waals surface area contributed by atoms with Crippen LogP contribution >= 0.6 is 11.8 Å². The molecule has 0 atom stereocenters. The molecule has 0 bridgehead atoms. The lowest BCUT2D eigenvalue weighted by molar-refractivity contribution is -0.113. The van der Waals surface area contributed by atoms with Crippen LogP contribution < -0.4 is 10.1 Å². The highest BCUT2D eigenvalue weighted by atomic mass is 32.2. The van der Waals surface area contributed by atoms with Gasteiger partial charge in [-0.2, -0.15) is 0 Å². The average Bonchev–Trinajstić information content (AvgIpc) is 2.78. The molecule has 1 aromatic heterocycles. The van der Waals surface area contributed by atoms with E-state index in [4.69, 9.17) is 4.74 Å². The number of nitrogens with zero attached hydrogens (tertiary/aromatic N) is 2. The number of anilines is 1. The molecule has 0 aliphatic carbocycles. The number of hydrogen-bond acceptors (Lipinski definition) is 5. The number of amides is 1. The second-order valence-corrected chi connectivity index (χ2v) is 7.71. The monoisotopic (exact) mass is 415 g/mol. The first kappa shape index (κ1) is 19.9. The molecule has 0 saturated carbocycles. The van der Waals surface area contributed by atoms with E-state index in [0.717, 1.165) is 39.2 Å². The van der Waals surface area contributed by atoms with Crippen molar-refractivity contribution in [2.45, 2.75) is 12.1 Å². The van der Waals surface area contributed by atoms with Gasteiger partial charge in [0.1, 0.15) is 5.75 Å². The van der Waals surface area contributed by atoms with Gasteiger partial charge in [-0.3, -0.25) is 4.79 Å². The van der Waals surface area contributed by atoms with Gasteiger partial charge >= 0.3 is 0 Å². The maximum Gasteiger partial charge on any atom is 0.234 e. The second kappa shape index (κ2) is 8.97. The van der Waals surface area contributed by atoms with Gasteiger partial charge in [0.15, 0.2) is 5.16 Å². The smallest absolute Gasteiger partial charge is 0.234 e. The van der Waals surface area contributed by atoms with E-state index in [1.807, 2.05) is 79.7 Å². The molecule has 3 aromatic carbocycles. The minimum Gasteiger partial charge on any atom is -0.497 e. The predicted octanol–water partition coefficient (Wildman–Crippen LogP) is 5.34. The van der Waals surface area contributed by atoms with Crippen LogP contribution in [0, 0.1) is 6.92 Å². The molecule has 0 aliphatic rings. The van der Waals surface area contributed by atoms with Crippen LogP contribution in [-0.2, 0) is 4.79 Å². The second-order valence-electron chi connectivity index (χ2n) is 6.77. The largest absolute Gasteiger partial charge is 0.497 e. The number of carbonyl (C=O) groups excluding carboxylic acids is 1. The number of carbonyl (C=O) groups is 1. The first-order valence-corrected chi connectivity index (χ1v) is 10.5. The molecule has 0 radical (unpaired) electrons. The van der Waals surface area contributed by atoms with Gasteiger partial charge in [-0.25, -0.2) is 9.97 Å². The summed E-state index contributed by atoms with van der Waals surface area (Å²) < 4.78 is 5.21. The molecule has 1 N–H and O–H groups in total. The molecule has 0 saturated heterocycles. The molecule has 30 heavy (non-hydrogen) atoms. The Morgan fingerprint density at radius 1 is 1.00 bits per heavy atom. The molecule has 150 valence electrons. The minimum atomic E-state index is -0.0903. The Labute approximate surface area is 179 Å². The number of aryl methyl sites for hydroxylation is 1. The maximum atomic E-state index is 12.5. The Balaban J connectivity index is 1.46. The van der Waals surface area contributed by atoms with Crippen LogP contribution in [0.1, 0.15) is 5.69 Å². The summed E-state index contributed by atoms with van der Waals surface area (Å²) in [5, 5.41) is 5.69. The first-order chi connectivity index (χ1) is 14.6. The molecule has 0 unspecified atom stereocenters. The van der Waals surface area contributed by atoms with Crippen molar-refractivity contribution in [1.29, 1.82) is 0 Å². The summed E-state index contributed by atoms with van der Waals surface area (Å²) in [5.74, 6) is 0.936. The summed E-state index contributed by atoms with van der Waals surface area (Å²) in [6.07, 6.45) is 0. The van der Waals surface area contributed by atoms with Crippen molar-refractivity contribution in [2.24, 2.45) is 0 Å². The van der Waals surface area contributed by atoms with Gasteiger partial charge in [0.25, 0.3) is 0 Å². The summed E-state index contributed by atoms with van der Waals surface area (Å²) in [5.41, 5.74) is 3.46. The number of fused-ring (bicyclic) bond motifs is 1. The highest BCUT2D eigenvalue weighted by molar-refractivity contribution is 7.99. The number of benzene rings is 3. The highest BCUT2D eigenvalue weighted by Gasteiger charge is 2.10. The Morgan fingerprint density at radius 3 is 2.57 bits per heavy atom. The van der Waals surface area contributed by atoms with Gasteiger partial charge < -0.3 is 10.1 Å². The molecule has 0 fully saturated rings. The molecule has 6 heteroatoms. The van der Waals surface area contributed by atoms with Crippen LogP contribution in [0.5, 0.6) is 5.75 Å². The quantitative estimate of drug-likeness (QED) is 0.340. The number of nitrogens with one attached hydrogen (secondary N) is 1. The van der Waals surface area contributed by atoms with Crippen LogP contribution in [0.4, 0.5) is 5.69 Å². The Bertz CT molecular complexity index is 1190. The van der Waals surface area contributed by atoms with Crippen molar-refractivity contribution in [3.8, 4) is 17.0 Å². The molecule has 4 rings (SSSR count). The zero-order chi connectivity index (χ0) is 20.9. The van der Waals surface area contributed by atoms with Gasteiger partial charge in [-0.05, 0) is 48.7 Å². The SMILES string of the molecule is COc1ccc(-c2cc(C)nc(SCC(=O)Nc3cccc4ccccc34)n2)cc1. The van der Waals surface area contributed by atoms with Crippen LogP contribution in [0.15, 0.2) is 78.0 Å². The van der Waals surface area contributed by atoms with Crippen molar-refractivity contribution in [2.75, 3.05) is 18.2 Å². The lowest BCUT2D eigenvalue weighted by atomic mass is 10.1. The van der Waals surface area contributed by atoms with Crippen molar-refractivity contribution < 1.29 is 9.53 Å². The lowest BCUT2D eigenvalue weighted by Crippen LogP contribution is -2.14. The minimum absolute atomic E-state index is 0.0903. The number of rotatable bonds is 6. The van der Waals surface area contributed by atoms with Gasteiger partial charge in [0, 0.05) is 22.3 Å². The molecule has 0 aliphatic heterocycles. The van der Waals surface area contributed by atoms with E-state index in [1.165, 1.54) is 11.8 Å². The fraction of sp³-hybridized carbons (Fsp3) is 0.125. The number of thioether (sulfide) groups is 1. The van der Waals surface area contributed by atoms with Crippen LogP contribution in [-0.4, -0.2) is 28.7 Å². The van der Waals surface area contributed by atoms with E-state index in [0.29, 0.717) is 5.16 Å². The molecular formula is C24H21N3O2S. The van der Waals surface area contributed by atoms with Gasteiger partial charge in [0.05, 0.1) is 18.6 Å². The average molecular weight is 416 g/mol. The van der Waals surface area contributed by atoms with Crippen molar-refractivity contribution in [1.82, 2.24) is 9.97 Å². The number of aromatic nitrogens is 2. The molecular weight excluding hydrogens is 394 g/mol. The summed E-state index contributed by atoms with van der Waals surface area (Å²) in [4.78, 5) is 21.6. The zero-order valence-corrected chi connectivity index (χ0v) is 17.6. The summed E-state index contributed by atoms with van der Waals surface area (Å²) in [6, 6.07) is 23.5. The Morgan fingerprint density at radius 2 is 1.77 bits per heavy atom. The molecule has 1 heterocycles. The van der Waals surface area contributed by atoms with E-state index in [1.54, 1.807) is 7.11 Å². The van der Waals surface area contributed by atoms with Crippen molar-refractivity contribution in [3.63, 3.8) is 0 Å². The lowest BCUT2D eigenvalue weighted by Gasteiger charge is -2.09. The Kier molecular flexibility index (Phi) is 5.95. The number of ether oxygens (including phenoxy) is 1. The van der Waals surface area contributed by atoms with E-state index >= 15 is 0 Å². The van der Waals surface area contributed by atoms with Gasteiger partial charge in [-0.15, -0.1) is 0 Å². The maximum absolute atomic E-state index is 12.5. The fourth-order valence-electron chi connectivity index (χ4n) is 3.17. The molecule has 4 aromatic rings. The van der Waals surface area contributed by atoms with Gasteiger partial charge in [-0.1, -0.05) is 48.2 Å². The summed E-state index contributed by atoms with van der Waals surface area (Å²) in [6.45, 7) is 1.93. The third-order valence-corrected chi connectivity index (χ3v) is 5.46.